The molecule has 3 amide bonds. The fraction of sp³-hybridized carbons (Fsp3) is 0.0667. The third-order valence-electron chi connectivity index (χ3n) is 2.86. The van der Waals surface area contributed by atoms with Gasteiger partial charge in [-0.05, 0) is 42.5 Å². The van der Waals surface area contributed by atoms with Crippen molar-refractivity contribution in [2.75, 3.05) is 5.32 Å². The smallest absolute Gasteiger partial charge is 0.316 e. The first-order chi connectivity index (χ1) is 10.5. The second kappa shape index (κ2) is 7.04. The number of carbonyl (C=O) groups is 2. The van der Waals surface area contributed by atoms with Gasteiger partial charge in [0, 0.05) is 27.8 Å². The summed E-state index contributed by atoms with van der Waals surface area (Å²) in [4.78, 5) is 22.7. The molecule has 0 atom stereocenters. The van der Waals surface area contributed by atoms with Gasteiger partial charge >= 0.3 is 6.03 Å². The lowest BCUT2D eigenvalue weighted by atomic mass is 10.1. The zero-order valence-electron chi connectivity index (χ0n) is 11.4. The van der Waals surface area contributed by atoms with E-state index in [2.05, 4.69) is 26.6 Å². The molecule has 0 radical (unpaired) electrons. The van der Waals surface area contributed by atoms with E-state index in [1.807, 2.05) is 0 Å². The SMILES string of the molecule is NC(=O)Nc1ccc(C(=O)NCc2cc(Br)ccc2F)cc1. The number of hydrogen-bond donors (Lipinski definition) is 3. The molecule has 0 saturated heterocycles. The van der Waals surface area contributed by atoms with E-state index in [-0.39, 0.29) is 18.3 Å². The molecule has 22 heavy (non-hydrogen) atoms. The molecule has 5 nitrogen and oxygen atoms in total. The molecule has 0 bridgehead atoms. The third kappa shape index (κ3) is 4.29. The molecule has 2 rings (SSSR count). The predicted molar refractivity (Wildman–Crippen MR) is 84.9 cm³/mol. The van der Waals surface area contributed by atoms with Gasteiger partial charge in [0.25, 0.3) is 5.91 Å². The molecule has 0 heterocycles. The number of urea groups is 1. The lowest BCUT2D eigenvalue weighted by molar-refractivity contribution is 0.0950. The Kier molecular flexibility index (Phi) is 5.11. The Labute approximate surface area is 134 Å². The van der Waals surface area contributed by atoms with Crippen LogP contribution in [0.5, 0.6) is 0 Å². The third-order valence-corrected chi connectivity index (χ3v) is 3.36. The highest BCUT2D eigenvalue weighted by atomic mass is 79.9. The largest absolute Gasteiger partial charge is 0.351 e. The number of amides is 3. The van der Waals surface area contributed by atoms with Crippen molar-refractivity contribution in [2.45, 2.75) is 6.54 Å². The molecule has 0 saturated carbocycles. The predicted octanol–water partition coefficient (Wildman–Crippen LogP) is 3.01. The summed E-state index contributed by atoms with van der Waals surface area (Å²) in [6.45, 7) is 0.0748. The Morgan fingerprint density at radius 1 is 1.14 bits per heavy atom. The van der Waals surface area contributed by atoms with Crippen LogP contribution >= 0.6 is 15.9 Å². The van der Waals surface area contributed by atoms with Gasteiger partial charge in [-0.25, -0.2) is 9.18 Å². The first-order valence-electron chi connectivity index (χ1n) is 6.34. The van der Waals surface area contributed by atoms with Crippen LogP contribution in [0.25, 0.3) is 0 Å². The van der Waals surface area contributed by atoms with Crippen molar-refractivity contribution in [3.63, 3.8) is 0 Å². The number of nitrogens with one attached hydrogen (secondary N) is 2. The quantitative estimate of drug-likeness (QED) is 0.777. The molecule has 0 aliphatic rings. The van der Waals surface area contributed by atoms with Gasteiger partial charge in [-0.2, -0.15) is 0 Å². The Morgan fingerprint density at radius 2 is 1.82 bits per heavy atom. The van der Waals surface area contributed by atoms with Crippen molar-refractivity contribution in [1.82, 2.24) is 5.32 Å². The van der Waals surface area contributed by atoms with Gasteiger partial charge in [0.05, 0.1) is 0 Å². The summed E-state index contributed by atoms with van der Waals surface area (Å²) in [5.74, 6) is -0.727. The summed E-state index contributed by atoms with van der Waals surface area (Å²) >= 11 is 3.25. The van der Waals surface area contributed by atoms with Gasteiger partial charge in [-0.3, -0.25) is 4.79 Å². The van der Waals surface area contributed by atoms with Crippen LogP contribution < -0.4 is 16.4 Å². The summed E-state index contributed by atoms with van der Waals surface area (Å²) in [6, 6.07) is 10.0. The van der Waals surface area contributed by atoms with Crippen LogP contribution in [0.15, 0.2) is 46.9 Å². The van der Waals surface area contributed by atoms with Gasteiger partial charge in [0.1, 0.15) is 5.82 Å². The molecular formula is C15H13BrFN3O2. The van der Waals surface area contributed by atoms with Gasteiger partial charge in [-0.15, -0.1) is 0 Å². The normalized spacial score (nSPS) is 10.1. The summed E-state index contributed by atoms with van der Waals surface area (Å²) in [6.07, 6.45) is 0. The van der Waals surface area contributed by atoms with Crippen molar-refractivity contribution in [2.24, 2.45) is 5.73 Å². The molecule has 0 aliphatic heterocycles. The molecule has 4 N–H and O–H groups in total. The van der Waals surface area contributed by atoms with Crippen molar-refractivity contribution in [3.8, 4) is 0 Å². The fourth-order valence-electron chi connectivity index (χ4n) is 1.80. The zero-order chi connectivity index (χ0) is 16.1. The minimum Gasteiger partial charge on any atom is -0.351 e. The molecule has 2 aromatic rings. The maximum Gasteiger partial charge on any atom is 0.316 e. The zero-order valence-corrected chi connectivity index (χ0v) is 13.0. The van der Waals surface area contributed by atoms with Crippen LogP contribution in [0.1, 0.15) is 15.9 Å². The Balaban J connectivity index is 2.00. The summed E-state index contributed by atoms with van der Waals surface area (Å²) in [5, 5.41) is 5.03. The first kappa shape index (κ1) is 16.0. The van der Waals surface area contributed by atoms with Crippen molar-refractivity contribution in [1.29, 1.82) is 0 Å². The van der Waals surface area contributed by atoms with E-state index in [4.69, 9.17) is 5.73 Å². The summed E-state index contributed by atoms with van der Waals surface area (Å²) in [7, 11) is 0. The van der Waals surface area contributed by atoms with E-state index < -0.39 is 6.03 Å². The Bertz CT molecular complexity index is 704. The number of rotatable bonds is 4. The van der Waals surface area contributed by atoms with Crippen LogP contribution in [-0.4, -0.2) is 11.9 Å². The number of halogens is 2. The average molecular weight is 366 g/mol. The van der Waals surface area contributed by atoms with Crippen LogP contribution in [0.3, 0.4) is 0 Å². The van der Waals surface area contributed by atoms with Gasteiger partial charge in [-0.1, -0.05) is 15.9 Å². The molecule has 0 aromatic heterocycles. The number of nitrogens with two attached hydrogens (primary N) is 1. The monoisotopic (exact) mass is 365 g/mol. The number of hydrogen-bond acceptors (Lipinski definition) is 2. The van der Waals surface area contributed by atoms with E-state index in [0.717, 1.165) is 4.47 Å². The Morgan fingerprint density at radius 3 is 2.45 bits per heavy atom. The Hall–Kier alpha value is -2.41. The summed E-state index contributed by atoms with van der Waals surface area (Å²) < 4.78 is 14.3. The van der Waals surface area contributed by atoms with Crippen molar-refractivity contribution in [3.05, 3.63) is 63.9 Å². The average Bonchev–Trinajstić information content (AvgIpc) is 2.48. The minimum absolute atomic E-state index is 0.0748. The van der Waals surface area contributed by atoms with Gasteiger partial charge in [0.2, 0.25) is 0 Å². The molecule has 7 heteroatoms. The van der Waals surface area contributed by atoms with Gasteiger partial charge < -0.3 is 16.4 Å². The maximum atomic E-state index is 13.6. The topological polar surface area (TPSA) is 84.2 Å². The number of anilines is 1. The second-order valence-corrected chi connectivity index (χ2v) is 5.40. The van der Waals surface area contributed by atoms with E-state index in [0.29, 0.717) is 16.8 Å². The fourth-order valence-corrected chi connectivity index (χ4v) is 2.21. The molecular weight excluding hydrogens is 353 g/mol. The molecule has 0 spiro atoms. The number of primary amides is 1. The standard InChI is InChI=1S/C15H13BrFN3O2/c16-11-3-6-13(17)10(7-11)8-19-14(21)9-1-4-12(5-2-9)20-15(18)22/h1-7H,8H2,(H,19,21)(H3,18,20,22). The lowest BCUT2D eigenvalue weighted by Crippen LogP contribution is -2.23. The van der Waals surface area contributed by atoms with Crippen LogP contribution in [0.4, 0.5) is 14.9 Å². The first-order valence-corrected chi connectivity index (χ1v) is 7.13. The molecule has 0 aliphatic carbocycles. The number of carbonyl (C=O) groups excluding carboxylic acids is 2. The molecule has 0 fully saturated rings. The number of benzene rings is 2. The van der Waals surface area contributed by atoms with E-state index in [1.165, 1.54) is 18.2 Å². The highest BCUT2D eigenvalue weighted by molar-refractivity contribution is 9.10. The molecule has 2 aromatic carbocycles. The van der Waals surface area contributed by atoms with Crippen LogP contribution in [-0.2, 0) is 6.54 Å². The summed E-state index contributed by atoms with van der Waals surface area (Å²) in [5.41, 5.74) is 6.26. The van der Waals surface area contributed by atoms with E-state index in [1.54, 1.807) is 24.3 Å². The highest BCUT2D eigenvalue weighted by Gasteiger charge is 2.08. The van der Waals surface area contributed by atoms with Crippen molar-refractivity contribution < 1.29 is 14.0 Å². The van der Waals surface area contributed by atoms with E-state index >= 15 is 0 Å². The maximum absolute atomic E-state index is 13.6. The van der Waals surface area contributed by atoms with Crippen LogP contribution in [0, 0.1) is 5.82 Å². The van der Waals surface area contributed by atoms with Gasteiger partial charge in [0.15, 0.2) is 0 Å². The van der Waals surface area contributed by atoms with Crippen molar-refractivity contribution >= 4 is 33.6 Å². The van der Waals surface area contributed by atoms with Crippen LogP contribution in [0.2, 0.25) is 0 Å². The molecule has 114 valence electrons. The lowest BCUT2D eigenvalue weighted by Gasteiger charge is -2.08. The van der Waals surface area contributed by atoms with E-state index in [9.17, 15) is 14.0 Å². The molecule has 0 unspecified atom stereocenters. The second-order valence-electron chi connectivity index (χ2n) is 4.49. The highest BCUT2D eigenvalue weighted by Crippen LogP contribution is 2.15. The minimum atomic E-state index is -0.678.